The molecule has 6 nitrogen and oxygen atoms in total. The zero-order chi connectivity index (χ0) is 12.4. The molecule has 0 radical (unpaired) electrons. The van der Waals surface area contributed by atoms with Gasteiger partial charge in [0, 0.05) is 18.5 Å². The van der Waals surface area contributed by atoms with Gasteiger partial charge in [0.15, 0.2) is 0 Å². The van der Waals surface area contributed by atoms with Gasteiger partial charge in [0.25, 0.3) is 5.91 Å². The number of aromatic nitrogens is 3. The summed E-state index contributed by atoms with van der Waals surface area (Å²) in [6.45, 7) is 4.31. The van der Waals surface area contributed by atoms with Crippen molar-refractivity contribution < 1.29 is 9.90 Å². The number of rotatable bonds is 5. The van der Waals surface area contributed by atoms with E-state index in [0.717, 1.165) is 12.8 Å². The summed E-state index contributed by atoms with van der Waals surface area (Å²) in [5.41, 5.74) is 0. The van der Waals surface area contributed by atoms with Gasteiger partial charge in [-0.3, -0.25) is 9.89 Å². The Bertz CT molecular complexity index is 398. The molecule has 0 atom stereocenters. The number of H-pyrrole nitrogens is 1. The summed E-state index contributed by atoms with van der Waals surface area (Å²) in [5, 5.41) is 15.7. The summed E-state index contributed by atoms with van der Waals surface area (Å²) in [4.78, 5) is 18.0. The SMILES string of the molecule is CC(C)c1nc(C(=O)N(CCO)C2CC2)n[nH]1. The van der Waals surface area contributed by atoms with Gasteiger partial charge >= 0.3 is 0 Å². The minimum Gasteiger partial charge on any atom is -0.395 e. The Hall–Kier alpha value is -1.43. The maximum atomic E-state index is 12.1. The smallest absolute Gasteiger partial charge is 0.293 e. The average Bonchev–Trinajstić information content (AvgIpc) is 3.00. The summed E-state index contributed by atoms with van der Waals surface area (Å²) >= 11 is 0. The maximum Gasteiger partial charge on any atom is 0.293 e. The third-order valence-corrected chi connectivity index (χ3v) is 2.83. The number of carbonyl (C=O) groups is 1. The molecule has 2 N–H and O–H groups in total. The lowest BCUT2D eigenvalue weighted by atomic mass is 10.2. The van der Waals surface area contributed by atoms with Crippen LogP contribution in [0.5, 0.6) is 0 Å². The van der Waals surface area contributed by atoms with Crippen LogP contribution in [0.2, 0.25) is 0 Å². The number of aliphatic hydroxyl groups excluding tert-OH is 1. The molecule has 1 aliphatic rings. The van der Waals surface area contributed by atoms with Crippen molar-refractivity contribution in [1.82, 2.24) is 20.1 Å². The molecule has 0 bridgehead atoms. The van der Waals surface area contributed by atoms with Gasteiger partial charge in [0.05, 0.1) is 6.61 Å². The molecular weight excluding hydrogens is 220 g/mol. The molecule has 0 aliphatic heterocycles. The molecular formula is C11H18N4O2. The number of carbonyl (C=O) groups excluding carboxylic acids is 1. The standard InChI is InChI=1S/C11H18N4O2/c1-7(2)9-12-10(14-13-9)11(17)15(5-6-16)8-3-4-8/h7-8,16H,3-6H2,1-2H3,(H,12,13,14). The van der Waals surface area contributed by atoms with E-state index in [-0.39, 0.29) is 30.3 Å². The Morgan fingerprint density at radius 3 is 2.76 bits per heavy atom. The van der Waals surface area contributed by atoms with Gasteiger partial charge in [-0.1, -0.05) is 13.8 Å². The number of aromatic amines is 1. The van der Waals surface area contributed by atoms with Gasteiger partial charge in [0.1, 0.15) is 5.82 Å². The normalized spacial score (nSPS) is 15.3. The average molecular weight is 238 g/mol. The van der Waals surface area contributed by atoms with Gasteiger partial charge < -0.3 is 10.0 Å². The van der Waals surface area contributed by atoms with Crippen molar-refractivity contribution >= 4 is 5.91 Å². The molecule has 6 heteroatoms. The van der Waals surface area contributed by atoms with E-state index in [1.165, 1.54) is 0 Å². The monoisotopic (exact) mass is 238 g/mol. The van der Waals surface area contributed by atoms with Crippen molar-refractivity contribution in [2.75, 3.05) is 13.2 Å². The molecule has 0 spiro atoms. The Morgan fingerprint density at radius 2 is 2.29 bits per heavy atom. The van der Waals surface area contributed by atoms with Crippen LogP contribution >= 0.6 is 0 Å². The van der Waals surface area contributed by atoms with E-state index in [4.69, 9.17) is 5.11 Å². The number of amides is 1. The van der Waals surface area contributed by atoms with Gasteiger partial charge in [-0.05, 0) is 12.8 Å². The minimum atomic E-state index is -0.190. The second kappa shape index (κ2) is 4.83. The molecule has 1 saturated carbocycles. The lowest BCUT2D eigenvalue weighted by molar-refractivity contribution is 0.0695. The zero-order valence-corrected chi connectivity index (χ0v) is 10.2. The predicted octanol–water partition coefficient (Wildman–Crippen LogP) is 0.525. The fraction of sp³-hybridized carbons (Fsp3) is 0.727. The molecule has 1 aliphatic carbocycles. The summed E-state index contributed by atoms with van der Waals surface area (Å²) in [6.07, 6.45) is 2.01. The second-order valence-corrected chi connectivity index (χ2v) is 4.65. The Kier molecular flexibility index (Phi) is 3.42. The number of aliphatic hydroxyl groups is 1. The molecule has 2 rings (SSSR count). The molecule has 1 heterocycles. The molecule has 0 aromatic carbocycles. The van der Waals surface area contributed by atoms with E-state index >= 15 is 0 Å². The van der Waals surface area contributed by atoms with E-state index in [0.29, 0.717) is 12.4 Å². The molecule has 0 unspecified atom stereocenters. The topological polar surface area (TPSA) is 82.1 Å². The number of hydrogen-bond donors (Lipinski definition) is 2. The molecule has 0 saturated heterocycles. The van der Waals surface area contributed by atoms with Crippen LogP contribution in [0.15, 0.2) is 0 Å². The summed E-state index contributed by atoms with van der Waals surface area (Å²) in [7, 11) is 0. The third kappa shape index (κ3) is 2.63. The number of hydrogen-bond acceptors (Lipinski definition) is 4. The first-order chi connectivity index (χ1) is 8.13. The van der Waals surface area contributed by atoms with Gasteiger partial charge in [-0.15, -0.1) is 5.10 Å². The predicted molar refractivity (Wildman–Crippen MR) is 61.6 cm³/mol. The van der Waals surface area contributed by atoms with Crippen LogP contribution in [0.4, 0.5) is 0 Å². The highest BCUT2D eigenvalue weighted by Crippen LogP contribution is 2.27. The van der Waals surface area contributed by atoms with E-state index in [1.807, 2.05) is 13.8 Å². The van der Waals surface area contributed by atoms with Gasteiger partial charge in [0.2, 0.25) is 5.82 Å². The van der Waals surface area contributed by atoms with E-state index in [2.05, 4.69) is 15.2 Å². The largest absolute Gasteiger partial charge is 0.395 e. The highest BCUT2D eigenvalue weighted by molar-refractivity contribution is 5.90. The molecule has 1 aromatic rings. The van der Waals surface area contributed by atoms with Crippen LogP contribution < -0.4 is 0 Å². The van der Waals surface area contributed by atoms with Crippen LogP contribution in [-0.2, 0) is 0 Å². The molecule has 17 heavy (non-hydrogen) atoms. The highest BCUT2D eigenvalue weighted by atomic mass is 16.3. The van der Waals surface area contributed by atoms with Crippen molar-refractivity contribution in [3.05, 3.63) is 11.6 Å². The zero-order valence-electron chi connectivity index (χ0n) is 10.2. The maximum absolute atomic E-state index is 12.1. The number of nitrogens with zero attached hydrogens (tertiary/aromatic N) is 3. The quantitative estimate of drug-likeness (QED) is 0.783. The fourth-order valence-electron chi connectivity index (χ4n) is 1.70. The van der Waals surface area contributed by atoms with Crippen LogP contribution in [-0.4, -0.2) is 50.3 Å². The Labute approximate surface area is 100 Å². The first-order valence-electron chi connectivity index (χ1n) is 5.97. The van der Waals surface area contributed by atoms with E-state index in [1.54, 1.807) is 4.90 Å². The van der Waals surface area contributed by atoms with Crippen LogP contribution in [0.1, 0.15) is 49.1 Å². The molecule has 94 valence electrons. The van der Waals surface area contributed by atoms with Crippen molar-refractivity contribution in [2.45, 2.75) is 38.6 Å². The van der Waals surface area contributed by atoms with Gasteiger partial charge in [-0.25, -0.2) is 4.98 Å². The van der Waals surface area contributed by atoms with Crippen molar-refractivity contribution in [1.29, 1.82) is 0 Å². The fourth-order valence-corrected chi connectivity index (χ4v) is 1.70. The van der Waals surface area contributed by atoms with Crippen molar-refractivity contribution in [3.63, 3.8) is 0 Å². The number of nitrogens with one attached hydrogen (secondary N) is 1. The van der Waals surface area contributed by atoms with Crippen molar-refractivity contribution in [2.24, 2.45) is 0 Å². The third-order valence-electron chi connectivity index (χ3n) is 2.83. The lowest BCUT2D eigenvalue weighted by Gasteiger charge is -2.19. The first kappa shape index (κ1) is 12.0. The molecule has 1 aromatic heterocycles. The summed E-state index contributed by atoms with van der Waals surface area (Å²) < 4.78 is 0. The van der Waals surface area contributed by atoms with Crippen LogP contribution in [0, 0.1) is 0 Å². The Balaban J connectivity index is 2.10. The molecule has 1 fully saturated rings. The van der Waals surface area contributed by atoms with E-state index in [9.17, 15) is 4.79 Å². The van der Waals surface area contributed by atoms with Crippen LogP contribution in [0.25, 0.3) is 0 Å². The Morgan fingerprint density at radius 1 is 1.59 bits per heavy atom. The van der Waals surface area contributed by atoms with Crippen LogP contribution in [0.3, 0.4) is 0 Å². The van der Waals surface area contributed by atoms with Crippen molar-refractivity contribution in [3.8, 4) is 0 Å². The lowest BCUT2D eigenvalue weighted by Crippen LogP contribution is -2.36. The second-order valence-electron chi connectivity index (χ2n) is 4.65. The summed E-state index contributed by atoms with van der Waals surface area (Å²) in [6, 6.07) is 0.260. The minimum absolute atomic E-state index is 0.0241. The summed E-state index contributed by atoms with van der Waals surface area (Å²) in [5.74, 6) is 0.947. The van der Waals surface area contributed by atoms with E-state index < -0.39 is 0 Å². The highest BCUT2D eigenvalue weighted by Gasteiger charge is 2.34. The van der Waals surface area contributed by atoms with Gasteiger partial charge in [-0.2, -0.15) is 0 Å². The first-order valence-corrected chi connectivity index (χ1v) is 5.97. The molecule has 1 amide bonds.